The van der Waals surface area contributed by atoms with Gasteiger partial charge in [-0.2, -0.15) is 10.2 Å². The second kappa shape index (κ2) is 5.28. The summed E-state index contributed by atoms with van der Waals surface area (Å²) in [4.78, 5) is 11.7. The third-order valence-corrected chi connectivity index (χ3v) is 4.81. The van der Waals surface area contributed by atoms with E-state index in [-0.39, 0.29) is 6.04 Å². The molecule has 0 bridgehead atoms. The van der Waals surface area contributed by atoms with Crippen molar-refractivity contribution in [2.75, 3.05) is 7.11 Å². The first-order valence-electron chi connectivity index (χ1n) is 5.48. The number of halogens is 1. The summed E-state index contributed by atoms with van der Waals surface area (Å²) >= 11 is 7.58. The van der Waals surface area contributed by atoms with Gasteiger partial charge in [-0.15, -0.1) is 11.6 Å². The zero-order valence-corrected chi connectivity index (χ0v) is 11.6. The first kappa shape index (κ1) is 13.4. The standard InChI is InChI=1S/C12H13ClN2O2S/c1-8-10(13)12(15-14-8,11(16)17-2)18-9-6-4-3-5-7-9/h3-8,10H,1-2H3/t8-,10+,12-/m1/s1. The van der Waals surface area contributed by atoms with Gasteiger partial charge in [0.1, 0.15) is 5.38 Å². The Hall–Kier alpha value is -1.07. The molecule has 0 aromatic heterocycles. The van der Waals surface area contributed by atoms with E-state index < -0.39 is 16.2 Å². The molecule has 0 amide bonds. The monoisotopic (exact) mass is 284 g/mol. The Balaban J connectivity index is 2.33. The molecular weight excluding hydrogens is 272 g/mol. The second-order valence-electron chi connectivity index (χ2n) is 3.96. The van der Waals surface area contributed by atoms with Gasteiger partial charge in [0.2, 0.25) is 4.87 Å². The summed E-state index contributed by atoms with van der Waals surface area (Å²) in [5.41, 5.74) is 0. The Kier molecular flexibility index (Phi) is 3.92. The molecule has 0 saturated carbocycles. The first-order valence-corrected chi connectivity index (χ1v) is 6.74. The molecule has 0 unspecified atom stereocenters. The van der Waals surface area contributed by atoms with Crippen LogP contribution in [0.25, 0.3) is 0 Å². The second-order valence-corrected chi connectivity index (χ2v) is 5.73. The van der Waals surface area contributed by atoms with Crippen molar-refractivity contribution in [3.8, 4) is 0 Å². The minimum atomic E-state index is -1.18. The van der Waals surface area contributed by atoms with Crippen LogP contribution in [-0.2, 0) is 9.53 Å². The highest BCUT2D eigenvalue weighted by Crippen LogP contribution is 2.45. The average molecular weight is 285 g/mol. The van der Waals surface area contributed by atoms with Crippen LogP contribution in [0.4, 0.5) is 0 Å². The van der Waals surface area contributed by atoms with Gasteiger partial charge in [-0.1, -0.05) is 30.0 Å². The predicted molar refractivity (Wildman–Crippen MR) is 71.0 cm³/mol. The Morgan fingerprint density at radius 2 is 2.11 bits per heavy atom. The fraction of sp³-hybridized carbons (Fsp3) is 0.417. The molecule has 0 radical (unpaired) electrons. The molecule has 0 fully saturated rings. The van der Waals surface area contributed by atoms with Crippen LogP contribution in [0, 0.1) is 0 Å². The van der Waals surface area contributed by atoms with Crippen molar-refractivity contribution in [3.63, 3.8) is 0 Å². The SMILES string of the molecule is COC(=O)[C@@]1(Sc2ccccc2)N=N[C@H](C)[C@@H]1Cl. The molecule has 1 aromatic carbocycles. The van der Waals surface area contributed by atoms with Gasteiger partial charge in [0.15, 0.2) is 0 Å². The van der Waals surface area contributed by atoms with Crippen LogP contribution in [0.1, 0.15) is 6.92 Å². The minimum Gasteiger partial charge on any atom is -0.466 e. The largest absolute Gasteiger partial charge is 0.466 e. The molecule has 4 nitrogen and oxygen atoms in total. The number of hydrogen-bond acceptors (Lipinski definition) is 5. The van der Waals surface area contributed by atoms with Crippen LogP contribution in [0.2, 0.25) is 0 Å². The lowest BCUT2D eigenvalue weighted by Gasteiger charge is -2.25. The quantitative estimate of drug-likeness (QED) is 0.633. The summed E-state index contributed by atoms with van der Waals surface area (Å²) in [7, 11) is 1.33. The molecule has 1 aliphatic rings. The van der Waals surface area contributed by atoms with Gasteiger partial charge in [0.25, 0.3) is 0 Å². The molecule has 1 aliphatic heterocycles. The molecule has 2 rings (SSSR count). The number of methoxy groups -OCH3 is 1. The van der Waals surface area contributed by atoms with Gasteiger partial charge in [-0.25, -0.2) is 4.79 Å². The fourth-order valence-electron chi connectivity index (χ4n) is 1.70. The number of alkyl halides is 1. The van der Waals surface area contributed by atoms with Crippen LogP contribution < -0.4 is 0 Å². The van der Waals surface area contributed by atoms with Crippen molar-refractivity contribution in [1.29, 1.82) is 0 Å². The van der Waals surface area contributed by atoms with E-state index >= 15 is 0 Å². The van der Waals surface area contributed by atoms with Crippen LogP contribution >= 0.6 is 23.4 Å². The molecular formula is C12H13ClN2O2S. The first-order chi connectivity index (χ1) is 8.60. The smallest absolute Gasteiger partial charge is 0.348 e. The number of ether oxygens (including phenoxy) is 1. The van der Waals surface area contributed by atoms with E-state index in [2.05, 4.69) is 10.2 Å². The third-order valence-electron chi connectivity index (χ3n) is 2.68. The lowest BCUT2D eigenvalue weighted by atomic mass is 10.1. The summed E-state index contributed by atoms with van der Waals surface area (Å²) in [5, 5.41) is 7.57. The van der Waals surface area contributed by atoms with E-state index in [1.807, 2.05) is 37.3 Å². The summed E-state index contributed by atoms with van der Waals surface area (Å²) in [6.07, 6.45) is 0. The van der Waals surface area contributed by atoms with E-state index in [0.717, 1.165) is 4.90 Å². The van der Waals surface area contributed by atoms with Crippen molar-refractivity contribution in [1.82, 2.24) is 0 Å². The Bertz CT molecular complexity index is 468. The van der Waals surface area contributed by atoms with Crippen LogP contribution in [0.15, 0.2) is 45.5 Å². The van der Waals surface area contributed by atoms with E-state index in [1.54, 1.807) is 0 Å². The molecule has 0 aliphatic carbocycles. The van der Waals surface area contributed by atoms with E-state index in [1.165, 1.54) is 18.9 Å². The number of thioether (sulfide) groups is 1. The van der Waals surface area contributed by atoms with Gasteiger partial charge >= 0.3 is 5.97 Å². The lowest BCUT2D eigenvalue weighted by molar-refractivity contribution is -0.143. The van der Waals surface area contributed by atoms with E-state index in [4.69, 9.17) is 16.3 Å². The zero-order valence-electron chi connectivity index (χ0n) is 10.0. The van der Waals surface area contributed by atoms with E-state index in [0.29, 0.717) is 0 Å². The number of esters is 1. The summed E-state index contributed by atoms with van der Waals surface area (Å²) in [6.45, 7) is 1.83. The number of benzene rings is 1. The minimum absolute atomic E-state index is 0.207. The maximum Gasteiger partial charge on any atom is 0.348 e. The van der Waals surface area contributed by atoms with Gasteiger partial charge in [0.05, 0.1) is 13.2 Å². The highest BCUT2D eigenvalue weighted by molar-refractivity contribution is 8.01. The van der Waals surface area contributed by atoms with Gasteiger partial charge in [-0.3, -0.25) is 0 Å². The van der Waals surface area contributed by atoms with Crippen LogP contribution in [-0.4, -0.2) is 29.4 Å². The average Bonchev–Trinajstić information content (AvgIpc) is 2.68. The van der Waals surface area contributed by atoms with Gasteiger partial charge < -0.3 is 4.74 Å². The Labute approximate surface area is 115 Å². The van der Waals surface area contributed by atoms with Gasteiger partial charge in [-0.05, 0) is 19.1 Å². The molecule has 1 aromatic rings. The molecule has 96 valence electrons. The van der Waals surface area contributed by atoms with Crippen molar-refractivity contribution in [2.24, 2.45) is 10.2 Å². The highest BCUT2D eigenvalue weighted by atomic mass is 35.5. The maximum atomic E-state index is 12.0. The molecule has 0 N–H and O–H groups in total. The molecule has 1 heterocycles. The maximum absolute atomic E-state index is 12.0. The topological polar surface area (TPSA) is 51.0 Å². The van der Waals surface area contributed by atoms with Crippen molar-refractivity contribution >= 4 is 29.3 Å². The molecule has 6 heteroatoms. The molecule has 0 spiro atoms. The van der Waals surface area contributed by atoms with Crippen molar-refractivity contribution < 1.29 is 9.53 Å². The fourth-order valence-corrected chi connectivity index (χ4v) is 3.24. The van der Waals surface area contributed by atoms with Crippen LogP contribution in [0.3, 0.4) is 0 Å². The molecule has 0 saturated heterocycles. The van der Waals surface area contributed by atoms with Crippen molar-refractivity contribution in [3.05, 3.63) is 30.3 Å². The predicted octanol–water partition coefficient (Wildman–Crippen LogP) is 3.11. The summed E-state index contributed by atoms with van der Waals surface area (Å²) in [5.74, 6) is -0.468. The Morgan fingerprint density at radius 3 is 2.61 bits per heavy atom. The van der Waals surface area contributed by atoms with Crippen LogP contribution in [0.5, 0.6) is 0 Å². The summed E-state index contributed by atoms with van der Waals surface area (Å²) < 4.78 is 4.83. The number of carbonyl (C=O) groups excluding carboxylic acids is 1. The highest BCUT2D eigenvalue weighted by Gasteiger charge is 2.54. The normalized spacial score (nSPS) is 30.4. The number of hydrogen-bond donors (Lipinski definition) is 0. The third kappa shape index (κ3) is 2.24. The van der Waals surface area contributed by atoms with E-state index in [9.17, 15) is 4.79 Å². The summed E-state index contributed by atoms with van der Waals surface area (Å²) in [6, 6.07) is 9.29. The number of azo groups is 1. The molecule has 3 atom stereocenters. The number of carbonyl (C=O) groups is 1. The number of nitrogens with zero attached hydrogens (tertiary/aromatic N) is 2. The Morgan fingerprint density at radius 1 is 1.44 bits per heavy atom. The lowest BCUT2D eigenvalue weighted by Crippen LogP contribution is -2.43. The number of rotatable bonds is 3. The zero-order chi connectivity index (χ0) is 13.2. The molecule has 18 heavy (non-hydrogen) atoms. The van der Waals surface area contributed by atoms with Crippen molar-refractivity contribution in [2.45, 2.75) is 28.1 Å². The van der Waals surface area contributed by atoms with Gasteiger partial charge in [0, 0.05) is 4.90 Å².